The van der Waals surface area contributed by atoms with E-state index in [0.29, 0.717) is 29.9 Å². The van der Waals surface area contributed by atoms with Gasteiger partial charge in [-0.05, 0) is 24.3 Å². The molecular weight excluding hydrogens is 462 g/mol. The average molecular weight is 484 g/mol. The molecule has 2 aromatic heterocycles. The third-order valence-electron chi connectivity index (χ3n) is 6.24. The molecule has 2 saturated heterocycles. The molecule has 5 rings (SSSR count). The van der Waals surface area contributed by atoms with Crippen molar-refractivity contribution in [3.05, 3.63) is 42.4 Å². The largest absolute Gasteiger partial charge is 0.472 e. The van der Waals surface area contributed by atoms with Gasteiger partial charge in [-0.3, -0.25) is 4.57 Å². The zero-order chi connectivity index (χ0) is 24.0. The number of fused-ring (bicyclic) bond motifs is 3. The van der Waals surface area contributed by atoms with Gasteiger partial charge < -0.3 is 19.5 Å². The number of carboxylic acid groups (broad SMARTS) is 1. The lowest BCUT2D eigenvalue weighted by molar-refractivity contribution is -0.108. The van der Waals surface area contributed by atoms with Gasteiger partial charge in [0.25, 0.3) is 0 Å². The highest BCUT2D eigenvalue weighted by molar-refractivity contribution is 7.90. The molecule has 1 N–H and O–H groups in total. The molecule has 0 aliphatic carbocycles. The SMILES string of the molecule is CS(=O)(=O)c1ccc2c(ccn2-c2ncnc(OC3C4COCC3CN(C(=O)O)C4)c2C#N)c1. The van der Waals surface area contributed by atoms with E-state index < -0.39 is 15.9 Å². The van der Waals surface area contributed by atoms with Crippen molar-refractivity contribution < 1.29 is 27.8 Å². The molecule has 4 heterocycles. The minimum absolute atomic E-state index is 0.118. The molecule has 1 aromatic carbocycles. The Morgan fingerprint density at radius 1 is 1.24 bits per heavy atom. The van der Waals surface area contributed by atoms with Crippen LogP contribution in [0.25, 0.3) is 16.7 Å². The minimum atomic E-state index is -3.36. The van der Waals surface area contributed by atoms with Crippen molar-refractivity contribution in [1.82, 2.24) is 19.4 Å². The van der Waals surface area contributed by atoms with E-state index in [1.54, 1.807) is 29.0 Å². The number of hydrogen-bond donors (Lipinski definition) is 1. The van der Waals surface area contributed by atoms with E-state index in [1.807, 2.05) is 0 Å². The summed E-state index contributed by atoms with van der Waals surface area (Å²) in [5.41, 5.74) is 0.806. The Morgan fingerprint density at radius 3 is 2.62 bits per heavy atom. The van der Waals surface area contributed by atoms with E-state index in [0.717, 1.165) is 6.26 Å². The van der Waals surface area contributed by atoms with Crippen molar-refractivity contribution in [2.45, 2.75) is 11.0 Å². The smallest absolute Gasteiger partial charge is 0.407 e. The molecule has 0 saturated carbocycles. The first kappa shape index (κ1) is 22.1. The number of hydrogen-bond acceptors (Lipinski definition) is 8. The molecule has 34 heavy (non-hydrogen) atoms. The fraction of sp³-hybridized carbons (Fsp3) is 0.364. The number of amides is 1. The van der Waals surface area contributed by atoms with Crippen LogP contribution in [0.4, 0.5) is 4.79 Å². The average Bonchev–Trinajstić information content (AvgIpc) is 3.21. The third-order valence-corrected chi connectivity index (χ3v) is 7.35. The van der Waals surface area contributed by atoms with E-state index in [2.05, 4.69) is 16.0 Å². The quantitative estimate of drug-likeness (QED) is 0.585. The van der Waals surface area contributed by atoms with E-state index in [9.17, 15) is 23.6 Å². The van der Waals surface area contributed by atoms with Gasteiger partial charge in [0.05, 0.1) is 23.6 Å². The van der Waals surface area contributed by atoms with E-state index >= 15 is 0 Å². The second-order valence-corrected chi connectivity index (χ2v) is 10.5. The van der Waals surface area contributed by atoms with E-state index in [4.69, 9.17) is 9.47 Å². The van der Waals surface area contributed by atoms with Crippen LogP contribution in [0.2, 0.25) is 0 Å². The van der Waals surface area contributed by atoms with Gasteiger partial charge in [-0.1, -0.05) is 0 Å². The maximum atomic E-state index is 11.9. The molecule has 0 spiro atoms. The van der Waals surface area contributed by atoms with Crippen LogP contribution in [0.5, 0.6) is 5.88 Å². The molecule has 1 amide bonds. The van der Waals surface area contributed by atoms with Crippen LogP contribution in [0.15, 0.2) is 41.7 Å². The van der Waals surface area contributed by atoms with Crippen molar-refractivity contribution in [1.29, 1.82) is 5.26 Å². The number of carbonyl (C=O) groups is 1. The number of nitrogens with zero attached hydrogens (tertiary/aromatic N) is 5. The summed E-state index contributed by atoms with van der Waals surface area (Å²) in [5, 5.41) is 20.0. The summed E-state index contributed by atoms with van der Waals surface area (Å²) in [7, 11) is -3.36. The first-order valence-electron chi connectivity index (χ1n) is 10.5. The van der Waals surface area contributed by atoms with Gasteiger partial charge >= 0.3 is 6.09 Å². The number of likely N-dealkylation sites (tertiary alicyclic amines) is 1. The molecule has 2 unspecified atom stereocenters. The summed E-state index contributed by atoms with van der Waals surface area (Å²) in [6.07, 6.45) is 2.83. The molecule has 176 valence electrons. The molecule has 3 aromatic rings. The summed E-state index contributed by atoms with van der Waals surface area (Å²) in [4.78, 5) is 21.5. The molecule has 2 aliphatic rings. The highest BCUT2D eigenvalue weighted by atomic mass is 32.2. The van der Waals surface area contributed by atoms with Crippen molar-refractivity contribution in [2.75, 3.05) is 32.6 Å². The zero-order valence-electron chi connectivity index (χ0n) is 18.2. The summed E-state index contributed by atoms with van der Waals surface area (Å²) >= 11 is 0. The molecule has 2 bridgehead atoms. The maximum Gasteiger partial charge on any atom is 0.407 e. The van der Waals surface area contributed by atoms with Crippen LogP contribution < -0.4 is 4.74 Å². The highest BCUT2D eigenvalue weighted by Crippen LogP contribution is 2.33. The molecule has 2 fully saturated rings. The lowest BCUT2D eigenvalue weighted by atomic mass is 9.84. The Labute approximate surface area is 195 Å². The van der Waals surface area contributed by atoms with Crippen LogP contribution >= 0.6 is 0 Å². The molecule has 12 heteroatoms. The van der Waals surface area contributed by atoms with E-state index in [1.165, 1.54) is 17.3 Å². The molecule has 2 atom stereocenters. The Balaban J connectivity index is 1.50. The summed E-state index contributed by atoms with van der Waals surface area (Å²) in [6.45, 7) is 1.27. The topological polar surface area (TPSA) is 148 Å². The summed E-state index contributed by atoms with van der Waals surface area (Å²) < 4.78 is 37.3. The standard InChI is InChI=1S/C22H21N5O6S/c1-34(30,31)16-2-3-18-13(6-16)4-5-27(18)20-17(7-23)21(25-12-24-20)33-19-14-8-26(22(28)29)9-15(19)11-32-10-14/h2-6,12,14-15,19H,8-11H2,1H3,(H,28,29). The van der Waals surface area contributed by atoms with Gasteiger partial charge in [0, 0.05) is 42.8 Å². The monoisotopic (exact) mass is 483 g/mol. The fourth-order valence-electron chi connectivity index (χ4n) is 4.64. The lowest BCUT2D eigenvalue weighted by Crippen LogP contribution is -2.58. The van der Waals surface area contributed by atoms with Gasteiger partial charge in [0.15, 0.2) is 21.2 Å². The zero-order valence-corrected chi connectivity index (χ0v) is 19.0. The predicted molar refractivity (Wildman–Crippen MR) is 119 cm³/mol. The van der Waals surface area contributed by atoms with Crippen LogP contribution in [0, 0.1) is 23.2 Å². The third kappa shape index (κ3) is 3.82. The van der Waals surface area contributed by atoms with Crippen molar-refractivity contribution in [3.63, 3.8) is 0 Å². The number of piperidine rings is 1. The van der Waals surface area contributed by atoms with E-state index in [-0.39, 0.29) is 47.4 Å². The van der Waals surface area contributed by atoms with Crippen LogP contribution in [-0.4, -0.2) is 77.7 Å². The Morgan fingerprint density at radius 2 is 1.97 bits per heavy atom. The van der Waals surface area contributed by atoms with Gasteiger partial charge in [-0.2, -0.15) is 5.26 Å². The van der Waals surface area contributed by atoms with Crippen molar-refractivity contribution in [2.24, 2.45) is 11.8 Å². The molecule has 0 radical (unpaired) electrons. The van der Waals surface area contributed by atoms with Crippen LogP contribution in [-0.2, 0) is 14.6 Å². The fourth-order valence-corrected chi connectivity index (χ4v) is 5.30. The second-order valence-electron chi connectivity index (χ2n) is 8.50. The highest BCUT2D eigenvalue weighted by Gasteiger charge is 2.44. The Hall–Kier alpha value is -3.69. The number of sulfone groups is 1. The Bertz CT molecular complexity index is 1420. The van der Waals surface area contributed by atoms with Crippen molar-refractivity contribution in [3.8, 4) is 17.8 Å². The number of benzene rings is 1. The normalized spacial score (nSPS) is 22.4. The summed E-state index contributed by atoms with van der Waals surface area (Å²) in [5.74, 6) is 0.0533. The maximum absolute atomic E-state index is 11.9. The number of nitriles is 1. The van der Waals surface area contributed by atoms with Gasteiger partial charge in [-0.15, -0.1) is 0 Å². The van der Waals surface area contributed by atoms with Gasteiger partial charge in [-0.25, -0.2) is 23.2 Å². The molecule has 11 nitrogen and oxygen atoms in total. The van der Waals surface area contributed by atoms with Crippen LogP contribution in [0.3, 0.4) is 0 Å². The number of aromatic nitrogens is 3. The van der Waals surface area contributed by atoms with Crippen LogP contribution in [0.1, 0.15) is 5.56 Å². The number of rotatable bonds is 4. The lowest BCUT2D eigenvalue weighted by Gasteiger charge is -2.45. The molecular formula is C22H21N5O6S. The van der Waals surface area contributed by atoms with Gasteiger partial charge in [0.1, 0.15) is 18.5 Å². The Kier molecular flexibility index (Phi) is 5.38. The minimum Gasteiger partial charge on any atom is -0.472 e. The summed E-state index contributed by atoms with van der Waals surface area (Å²) in [6, 6.07) is 8.63. The molecule has 2 aliphatic heterocycles. The van der Waals surface area contributed by atoms with Crippen molar-refractivity contribution >= 4 is 26.8 Å². The predicted octanol–water partition coefficient (Wildman–Crippen LogP) is 1.70. The first-order chi connectivity index (χ1) is 16.3. The number of ether oxygens (including phenoxy) is 2. The van der Waals surface area contributed by atoms with Gasteiger partial charge in [0.2, 0.25) is 5.88 Å². The second kappa shape index (κ2) is 8.27. The first-order valence-corrected chi connectivity index (χ1v) is 12.4.